The van der Waals surface area contributed by atoms with E-state index in [1.807, 2.05) is 25.1 Å². The van der Waals surface area contributed by atoms with E-state index in [9.17, 15) is 14.3 Å². The van der Waals surface area contributed by atoms with Crippen LogP contribution < -0.4 is 9.64 Å². The summed E-state index contributed by atoms with van der Waals surface area (Å²) in [5.74, 6) is -0.0304. The Morgan fingerprint density at radius 2 is 1.96 bits per heavy atom. The maximum atomic E-state index is 13.2. The highest BCUT2D eigenvalue weighted by Crippen LogP contribution is 2.27. The molecule has 24 heavy (non-hydrogen) atoms. The largest absolute Gasteiger partial charge is 0.490 e. The Balaban J connectivity index is 2.20. The summed E-state index contributed by atoms with van der Waals surface area (Å²) in [4.78, 5) is 13.7. The third kappa shape index (κ3) is 4.11. The van der Waals surface area contributed by atoms with Crippen molar-refractivity contribution in [3.05, 3.63) is 58.9 Å². The molecule has 0 saturated heterocycles. The van der Waals surface area contributed by atoms with Crippen molar-refractivity contribution in [3.63, 3.8) is 0 Å². The van der Waals surface area contributed by atoms with Crippen LogP contribution in [0.5, 0.6) is 5.75 Å². The molecule has 0 aliphatic carbocycles. The first kappa shape index (κ1) is 17.9. The second-order valence-corrected chi connectivity index (χ2v) is 5.96. The van der Waals surface area contributed by atoms with E-state index in [0.29, 0.717) is 22.4 Å². The van der Waals surface area contributed by atoms with Crippen molar-refractivity contribution < 1.29 is 19.0 Å². The molecule has 0 saturated carbocycles. The summed E-state index contributed by atoms with van der Waals surface area (Å²) < 4.78 is 18.9. The summed E-state index contributed by atoms with van der Waals surface area (Å²) in [6, 6.07) is 9.53. The molecule has 0 aromatic heterocycles. The minimum atomic E-state index is -0.909. The smallest absolute Gasteiger partial charge is 0.163 e. The van der Waals surface area contributed by atoms with Gasteiger partial charge >= 0.3 is 0 Å². The highest BCUT2D eigenvalue weighted by atomic mass is 19.1. The number of hydrogen-bond donors (Lipinski definition) is 1. The van der Waals surface area contributed by atoms with E-state index >= 15 is 0 Å². The predicted octanol–water partition coefficient (Wildman–Crippen LogP) is 3.52. The molecule has 0 radical (unpaired) electrons. The lowest BCUT2D eigenvalue weighted by atomic mass is 10.0. The van der Waals surface area contributed by atoms with Crippen LogP contribution in [0, 0.1) is 12.7 Å². The van der Waals surface area contributed by atoms with Gasteiger partial charge in [-0.05, 0) is 49.2 Å². The Bertz CT molecular complexity index is 743. The molecule has 2 rings (SSSR count). The molecule has 5 heteroatoms. The lowest BCUT2D eigenvalue weighted by molar-refractivity contribution is 0.0976. The Hall–Kier alpha value is -2.40. The van der Waals surface area contributed by atoms with Gasteiger partial charge in [0, 0.05) is 25.8 Å². The fraction of sp³-hybridized carbons (Fsp3) is 0.316. The molecule has 2 aromatic rings. The van der Waals surface area contributed by atoms with Gasteiger partial charge in [0.15, 0.2) is 5.78 Å². The second kappa shape index (κ2) is 7.45. The molecule has 1 N–H and O–H groups in total. The minimum Gasteiger partial charge on any atom is -0.490 e. The van der Waals surface area contributed by atoms with E-state index in [1.165, 1.54) is 19.1 Å². The third-order valence-electron chi connectivity index (χ3n) is 3.85. The van der Waals surface area contributed by atoms with E-state index in [1.54, 1.807) is 25.1 Å². The van der Waals surface area contributed by atoms with Gasteiger partial charge in [-0.2, -0.15) is 0 Å². The lowest BCUT2D eigenvalue weighted by Gasteiger charge is -2.19. The number of ether oxygens (including phenoxy) is 1. The number of carbonyl (C=O) groups is 1. The highest BCUT2D eigenvalue weighted by Gasteiger charge is 2.15. The van der Waals surface area contributed by atoms with Gasteiger partial charge in [0.1, 0.15) is 24.3 Å². The number of aryl methyl sites for hydroxylation is 1. The van der Waals surface area contributed by atoms with Crippen LogP contribution in [0.1, 0.15) is 34.5 Å². The van der Waals surface area contributed by atoms with Gasteiger partial charge < -0.3 is 14.7 Å². The van der Waals surface area contributed by atoms with Crippen LogP contribution in [0.25, 0.3) is 0 Å². The maximum Gasteiger partial charge on any atom is 0.163 e. The SMILES string of the molecule is CC(=O)c1ccc(N(C)C)cc1OCC(O)c1ccc(F)cc1C. The highest BCUT2D eigenvalue weighted by molar-refractivity contribution is 5.97. The van der Waals surface area contributed by atoms with Crippen LogP contribution in [0.15, 0.2) is 36.4 Å². The van der Waals surface area contributed by atoms with Crippen molar-refractivity contribution >= 4 is 11.5 Å². The van der Waals surface area contributed by atoms with Crippen LogP contribution in [0.2, 0.25) is 0 Å². The number of hydrogen-bond acceptors (Lipinski definition) is 4. The quantitative estimate of drug-likeness (QED) is 0.823. The fourth-order valence-corrected chi connectivity index (χ4v) is 2.47. The van der Waals surface area contributed by atoms with Gasteiger partial charge in [-0.3, -0.25) is 4.79 Å². The van der Waals surface area contributed by atoms with Crippen molar-refractivity contribution in [1.82, 2.24) is 0 Å². The van der Waals surface area contributed by atoms with Crippen LogP contribution in [-0.4, -0.2) is 31.6 Å². The number of anilines is 1. The Morgan fingerprint density at radius 3 is 2.54 bits per heavy atom. The molecule has 0 amide bonds. The van der Waals surface area contributed by atoms with Gasteiger partial charge in [0.05, 0.1) is 5.56 Å². The van der Waals surface area contributed by atoms with Crippen molar-refractivity contribution in [2.24, 2.45) is 0 Å². The van der Waals surface area contributed by atoms with E-state index < -0.39 is 6.10 Å². The molecule has 0 fully saturated rings. The van der Waals surface area contributed by atoms with Crippen molar-refractivity contribution in [2.45, 2.75) is 20.0 Å². The van der Waals surface area contributed by atoms with Gasteiger partial charge in [0.2, 0.25) is 0 Å². The fourth-order valence-electron chi connectivity index (χ4n) is 2.47. The summed E-state index contributed by atoms with van der Waals surface area (Å²) in [7, 11) is 3.78. The van der Waals surface area contributed by atoms with Crippen molar-refractivity contribution in [1.29, 1.82) is 0 Å². The molecule has 0 aliphatic heterocycles. The molecule has 128 valence electrons. The second-order valence-electron chi connectivity index (χ2n) is 5.96. The van der Waals surface area contributed by atoms with Crippen LogP contribution in [0.4, 0.5) is 10.1 Å². The number of rotatable bonds is 6. The number of nitrogens with zero attached hydrogens (tertiary/aromatic N) is 1. The molecule has 0 heterocycles. The maximum absolute atomic E-state index is 13.2. The molecule has 2 aromatic carbocycles. The number of carbonyl (C=O) groups excluding carboxylic acids is 1. The van der Waals surface area contributed by atoms with E-state index in [-0.39, 0.29) is 18.2 Å². The van der Waals surface area contributed by atoms with E-state index in [2.05, 4.69) is 0 Å². The summed E-state index contributed by atoms with van der Waals surface area (Å²) >= 11 is 0. The monoisotopic (exact) mass is 331 g/mol. The van der Waals surface area contributed by atoms with Crippen LogP contribution >= 0.6 is 0 Å². The average molecular weight is 331 g/mol. The number of ketones is 1. The summed E-state index contributed by atoms with van der Waals surface area (Å²) in [5, 5.41) is 10.3. The number of aliphatic hydroxyl groups is 1. The predicted molar refractivity (Wildman–Crippen MR) is 92.4 cm³/mol. The van der Waals surface area contributed by atoms with E-state index in [4.69, 9.17) is 4.74 Å². The zero-order valence-corrected chi connectivity index (χ0v) is 14.3. The average Bonchev–Trinajstić information content (AvgIpc) is 2.52. The molecule has 1 unspecified atom stereocenters. The molecular weight excluding hydrogens is 309 g/mol. The first-order valence-corrected chi connectivity index (χ1v) is 7.69. The summed E-state index contributed by atoms with van der Waals surface area (Å²) in [6.45, 7) is 3.18. The van der Waals surface area contributed by atoms with Gasteiger partial charge in [-0.1, -0.05) is 6.07 Å². The topological polar surface area (TPSA) is 49.8 Å². The Labute approximate surface area is 141 Å². The zero-order valence-electron chi connectivity index (χ0n) is 14.3. The Kier molecular flexibility index (Phi) is 5.57. The number of halogens is 1. The lowest BCUT2D eigenvalue weighted by Crippen LogP contribution is -2.14. The van der Waals surface area contributed by atoms with Crippen LogP contribution in [0.3, 0.4) is 0 Å². The molecule has 0 spiro atoms. The first-order valence-electron chi connectivity index (χ1n) is 7.69. The minimum absolute atomic E-state index is 0.0242. The van der Waals surface area contributed by atoms with Crippen molar-refractivity contribution in [2.75, 3.05) is 25.6 Å². The standard InChI is InChI=1S/C19H22FNO3/c1-12-9-14(20)5-7-16(12)18(23)11-24-19-10-15(21(3)4)6-8-17(19)13(2)22/h5-10,18,23H,11H2,1-4H3. The zero-order chi connectivity index (χ0) is 17.9. The van der Waals surface area contributed by atoms with E-state index in [0.717, 1.165) is 5.69 Å². The third-order valence-corrected chi connectivity index (χ3v) is 3.85. The molecular formula is C19H22FNO3. The van der Waals surface area contributed by atoms with Crippen molar-refractivity contribution in [3.8, 4) is 5.75 Å². The van der Waals surface area contributed by atoms with Crippen LogP contribution in [-0.2, 0) is 0 Å². The molecule has 0 bridgehead atoms. The summed E-state index contributed by atoms with van der Waals surface area (Å²) in [6.07, 6.45) is -0.909. The molecule has 4 nitrogen and oxygen atoms in total. The normalized spacial score (nSPS) is 11.9. The van der Waals surface area contributed by atoms with Gasteiger partial charge in [0.25, 0.3) is 0 Å². The van der Waals surface area contributed by atoms with Gasteiger partial charge in [-0.15, -0.1) is 0 Å². The molecule has 1 atom stereocenters. The number of aliphatic hydroxyl groups excluding tert-OH is 1. The number of benzene rings is 2. The summed E-state index contributed by atoms with van der Waals surface area (Å²) in [5.41, 5.74) is 2.61. The molecule has 0 aliphatic rings. The number of Topliss-reactive ketones (excluding diaryl/α,β-unsaturated/α-hetero) is 1. The Morgan fingerprint density at radius 1 is 1.25 bits per heavy atom. The van der Waals surface area contributed by atoms with Gasteiger partial charge in [-0.25, -0.2) is 4.39 Å². The first-order chi connectivity index (χ1) is 11.3.